The first-order valence-corrected chi connectivity index (χ1v) is 9.63. The number of aromatic hydroxyl groups is 1. The Morgan fingerprint density at radius 2 is 1.83 bits per heavy atom. The number of carboxylic acids is 1. The van der Waals surface area contributed by atoms with Gasteiger partial charge in [0.1, 0.15) is 23.2 Å². The number of ether oxygens (including phenoxy) is 1. The number of rotatable bonds is 5. The molecule has 2 aliphatic heterocycles. The van der Waals surface area contributed by atoms with Gasteiger partial charge in [0, 0.05) is 0 Å². The van der Waals surface area contributed by atoms with Crippen LogP contribution in [0.25, 0.3) is 0 Å². The number of hydrogen-bond donors (Lipinski definition) is 4. The molecule has 158 valence electrons. The van der Waals surface area contributed by atoms with Crippen molar-refractivity contribution in [2.45, 2.75) is 25.3 Å². The molecule has 2 aromatic carbocycles. The Morgan fingerprint density at radius 1 is 1.13 bits per heavy atom. The van der Waals surface area contributed by atoms with Gasteiger partial charge >= 0.3 is 12.7 Å². The van der Waals surface area contributed by atoms with Gasteiger partial charge in [-0.1, -0.05) is 24.5 Å². The minimum atomic E-state index is -3.10. The molecule has 0 radical (unpaired) electrons. The monoisotopic (exact) mass is 414 g/mol. The Labute approximate surface area is 172 Å². The van der Waals surface area contributed by atoms with E-state index in [9.17, 15) is 29.9 Å². The molecule has 0 aromatic heterocycles. The summed E-state index contributed by atoms with van der Waals surface area (Å²) in [7, 11) is 0. The molecule has 4 rings (SSSR count). The maximum atomic E-state index is 12.4. The van der Waals surface area contributed by atoms with Crippen LogP contribution in [-0.4, -0.2) is 63.0 Å². The molecule has 0 aliphatic carbocycles. The molecule has 1 fully saturated rings. The lowest BCUT2D eigenvalue weighted by molar-refractivity contribution is -0.139. The maximum Gasteiger partial charge on any atom is 0.430 e. The van der Waals surface area contributed by atoms with Crippen molar-refractivity contribution in [3.8, 4) is 17.2 Å². The molecule has 1 amide bonds. The molecule has 0 bridgehead atoms. The zero-order chi connectivity index (χ0) is 21.5. The predicted molar refractivity (Wildman–Crippen MR) is 106 cm³/mol. The number of phenolic OH excluding ortho intramolecular Hbond substituents is 1. The fourth-order valence-electron chi connectivity index (χ4n) is 3.63. The number of likely N-dealkylation sites (tertiary alicyclic amines) is 1. The smallest absolute Gasteiger partial charge is 0.430 e. The first-order valence-electron chi connectivity index (χ1n) is 9.63. The summed E-state index contributed by atoms with van der Waals surface area (Å²) in [6.45, 7) is -2.49. The van der Waals surface area contributed by atoms with E-state index < -0.39 is 12.7 Å². The number of amides is 1. The lowest BCUT2D eigenvalue weighted by Gasteiger charge is -2.40. The van der Waals surface area contributed by atoms with Crippen LogP contribution in [0.5, 0.6) is 17.2 Å². The number of aryl methyl sites for hydroxylation is 1. The van der Waals surface area contributed by atoms with Crippen LogP contribution in [0.1, 0.15) is 21.5 Å². The quantitative estimate of drug-likeness (QED) is 0.527. The molecule has 0 unspecified atom stereocenters. The molecule has 4 N–H and O–H groups in total. The second-order valence-corrected chi connectivity index (χ2v) is 7.63. The van der Waals surface area contributed by atoms with Gasteiger partial charge in [-0.15, -0.1) is 0 Å². The summed E-state index contributed by atoms with van der Waals surface area (Å²) < 4.78 is 10.9. The van der Waals surface area contributed by atoms with E-state index in [1.54, 1.807) is 23.1 Å². The number of fused-ring (bicyclic) bond motifs is 1. The Hall–Kier alpha value is -3.24. The lowest BCUT2D eigenvalue weighted by atomic mass is 9.70. The van der Waals surface area contributed by atoms with Gasteiger partial charge in [-0.2, -0.15) is 0 Å². The van der Waals surface area contributed by atoms with Crippen LogP contribution in [0.4, 0.5) is 0 Å². The van der Waals surface area contributed by atoms with Crippen molar-refractivity contribution in [2.24, 2.45) is 0 Å². The summed E-state index contributed by atoms with van der Waals surface area (Å²) in [4.78, 5) is 25.7. The van der Waals surface area contributed by atoms with Gasteiger partial charge in [-0.25, -0.2) is 4.79 Å². The molecule has 0 spiro atoms. The number of aromatic carboxylic acids is 1. The van der Waals surface area contributed by atoms with Crippen LogP contribution >= 0.6 is 0 Å². The van der Waals surface area contributed by atoms with E-state index in [4.69, 9.17) is 9.39 Å². The van der Waals surface area contributed by atoms with E-state index >= 15 is 0 Å². The molecular formula is C20H21BNO8-. The molecule has 9 nitrogen and oxygen atoms in total. The van der Waals surface area contributed by atoms with Gasteiger partial charge in [0.25, 0.3) is 0 Å². The minimum Gasteiger partial charge on any atom is -0.669 e. The SMILES string of the molecule is O=C(O)c1c(OC2CN(C(=O)Cc3ccc(O)cc3)C2)ccc2c1O[B-](O)(O)CC2. The highest BCUT2D eigenvalue weighted by molar-refractivity contribution is 6.59. The van der Waals surface area contributed by atoms with Crippen molar-refractivity contribution in [2.75, 3.05) is 13.1 Å². The van der Waals surface area contributed by atoms with Crippen LogP contribution in [0, 0.1) is 0 Å². The normalized spacial score (nSPS) is 17.5. The molecule has 2 aliphatic rings. The second-order valence-electron chi connectivity index (χ2n) is 7.63. The molecule has 30 heavy (non-hydrogen) atoms. The van der Waals surface area contributed by atoms with Gasteiger partial charge < -0.3 is 34.6 Å². The number of nitrogens with zero attached hydrogens (tertiary/aromatic N) is 1. The average Bonchev–Trinajstić information content (AvgIpc) is 2.64. The van der Waals surface area contributed by atoms with Gasteiger partial charge in [-0.3, -0.25) is 4.79 Å². The van der Waals surface area contributed by atoms with E-state index in [0.29, 0.717) is 18.7 Å². The molecule has 1 saturated heterocycles. The fourth-order valence-corrected chi connectivity index (χ4v) is 3.63. The zero-order valence-electron chi connectivity index (χ0n) is 16.0. The van der Waals surface area contributed by atoms with Crippen molar-refractivity contribution in [1.82, 2.24) is 4.90 Å². The first kappa shape index (κ1) is 20.1. The Morgan fingerprint density at radius 3 is 2.50 bits per heavy atom. The van der Waals surface area contributed by atoms with E-state index in [1.165, 1.54) is 18.2 Å². The molecule has 0 saturated carbocycles. The summed E-state index contributed by atoms with van der Waals surface area (Å²) >= 11 is 0. The van der Waals surface area contributed by atoms with Crippen LogP contribution in [-0.2, 0) is 17.6 Å². The molecule has 0 atom stereocenters. The number of carboxylic acid groups (broad SMARTS) is 1. The highest BCUT2D eigenvalue weighted by Gasteiger charge is 2.36. The number of carbonyl (C=O) groups is 2. The van der Waals surface area contributed by atoms with E-state index in [2.05, 4.69) is 0 Å². The summed E-state index contributed by atoms with van der Waals surface area (Å²) in [5, 5.41) is 38.5. The van der Waals surface area contributed by atoms with Crippen LogP contribution in [0.3, 0.4) is 0 Å². The van der Waals surface area contributed by atoms with Gasteiger partial charge in [0.05, 0.1) is 25.3 Å². The molecular weight excluding hydrogens is 393 g/mol. The Bertz CT molecular complexity index is 985. The summed E-state index contributed by atoms with van der Waals surface area (Å²) in [6, 6.07) is 9.57. The lowest BCUT2D eigenvalue weighted by Crippen LogP contribution is -2.56. The van der Waals surface area contributed by atoms with Crippen LogP contribution in [0.2, 0.25) is 6.32 Å². The van der Waals surface area contributed by atoms with E-state index in [0.717, 1.165) is 5.56 Å². The maximum absolute atomic E-state index is 12.4. The third-order valence-electron chi connectivity index (χ3n) is 5.30. The Kier molecular flexibility index (Phi) is 5.04. The summed E-state index contributed by atoms with van der Waals surface area (Å²) in [5.41, 5.74) is 1.09. The van der Waals surface area contributed by atoms with Crippen molar-refractivity contribution >= 4 is 18.6 Å². The third kappa shape index (κ3) is 4.05. The predicted octanol–water partition coefficient (Wildman–Crippen LogP) is 0.781. The van der Waals surface area contributed by atoms with E-state index in [-0.39, 0.29) is 54.0 Å². The zero-order valence-corrected chi connectivity index (χ0v) is 16.0. The van der Waals surface area contributed by atoms with Gasteiger partial charge in [0.15, 0.2) is 0 Å². The molecule has 10 heteroatoms. The van der Waals surface area contributed by atoms with Crippen molar-refractivity contribution in [1.29, 1.82) is 0 Å². The van der Waals surface area contributed by atoms with Gasteiger partial charge in [0.2, 0.25) is 5.91 Å². The molecule has 2 heterocycles. The highest BCUT2D eigenvalue weighted by Crippen LogP contribution is 2.39. The highest BCUT2D eigenvalue weighted by atomic mass is 16.6. The molecule has 2 aromatic rings. The van der Waals surface area contributed by atoms with Crippen molar-refractivity contribution in [3.05, 3.63) is 53.1 Å². The number of benzene rings is 2. The summed E-state index contributed by atoms with van der Waals surface area (Å²) in [6.07, 6.45) is 0.0860. The number of carbonyl (C=O) groups excluding carboxylic acids is 1. The van der Waals surface area contributed by atoms with Gasteiger partial charge in [-0.05, 0) is 35.7 Å². The fraction of sp³-hybridized carbons (Fsp3) is 0.300. The topological polar surface area (TPSA) is 137 Å². The number of phenols is 1. The average molecular weight is 414 g/mol. The summed E-state index contributed by atoms with van der Waals surface area (Å²) in [5.74, 6) is -1.29. The minimum absolute atomic E-state index is 0.00695. The van der Waals surface area contributed by atoms with E-state index in [1.807, 2.05) is 0 Å². The second kappa shape index (κ2) is 7.54. The first-order chi connectivity index (χ1) is 14.2. The largest absolute Gasteiger partial charge is 0.669 e. The number of hydrogen-bond acceptors (Lipinski definition) is 7. The third-order valence-corrected chi connectivity index (χ3v) is 5.30. The van der Waals surface area contributed by atoms with Crippen molar-refractivity contribution < 1.29 is 39.2 Å². The van der Waals surface area contributed by atoms with Crippen LogP contribution in [0.15, 0.2) is 36.4 Å². The standard InChI is InChI=1S/C20H21BNO8/c23-14-4-1-12(2-5-14)9-17(24)22-10-15(11-22)29-16-6-3-13-7-8-21(27,28)30-19(13)18(16)20(25)26/h1-6,15,23,27-28H,7-11H2,(H,25,26)/q-1. The van der Waals surface area contributed by atoms with Crippen LogP contribution < -0.4 is 9.39 Å². The van der Waals surface area contributed by atoms with Crippen molar-refractivity contribution in [3.63, 3.8) is 0 Å². The Balaban J connectivity index is 1.42.